The van der Waals surface area contributed by atoms with Gasteiger partial charge in [-0.15, -0.1) is 0 Å². The van der Waals surface area contributed by atoms with E-state index in [2.05, 4.69) is 0 Å². The van der Waals surface area contributed by atoms with Crippen LogP contribution in [0.1, 0.15) is 27.8 Å². The van der Waals surface area contributed by atoms with Crippen LogP contribution >= 0.6 is 0 Å². The third-order valence-electron chi connectivity index (χ3n) is 4.89. The molecular formula is C23H13F8N. The molecule has 3 aromatic carbocycles. The Bertz CT molecular complexity index is 1140. The predicted molar refractivity (Wildman–Crippen MR) is 99.6 cm³/mol. The Morgan fingerprint density at radius 1 is 0.500 bits per heavy atom. The van der Waals surface area contributed by atoms with Crippen molar-refractivity contribution >= 4 is 0 Å². The topological polar surface area (TPSA) is 23.8 Å². The molecule has 9 heteroatoms. The van der Waals surface area contributed by atoms with Gasteiger partial charge in [0.05, 0.1) is 11.6 Å². The molecule has 3 rings (SSSR count). The van der Waals surface area contributed by atoms with E-state index in [-0.39, 0.29) is 12.1 Å². The summed E-state index contributed by atoms with van der Waals surface area (Å²) in [5.41, 5.74) is -7.15. The van der Waals surface area contributed by atoms with Crippen LogP contribution in [-0.4, -0.2) is 0 Å². The first kappa shape index (κ1) is 23.3. The molecule has 0 spiro atoms. The molecule has 166 valence electrons. The highest BCUT2D eigenvalue weighted by Gasteiger charge is 2.65. The summed E-state index contributed by atoms with van der Waals surface area (Å²) in [6.07, 6.45) is 0. The van der Waals surface area contributed by atoms with Gasteiger partial charge in [0.2, 0.25) is 0 Å². The number of benzene rings is 3. The molecule has 0 radical (unpaired) electrons. The lowest BCUT2D eigenvalue weighted by atomic mass is 9.86. The molecule has 32 heavy (non-hydrogen) atoms. The second kappa shape index (κ2) is 7.93. The van der Waals surface area contributed by atoms with E-state index in [9.17, 15) is 17.6 Å². The summed E-state index contributed by atoms with van der Waals surface area (Å²) < 4.78 is 119. The summed E-state index contributed by atoms with van der Waals surface area (Å²) in [5.74, 6) is -20.7. The fraction of sp³-hybridized carbons (Fsp3) is 0.174. The lowest BCUT2D eigenvalue weighted by Gasteiger charge is -2.33. The second-order valence-corrected chi connectivity index (χ2v) is 6.90. The summed E-state index contributed by atoms with van der Waals surface area (Å²) in [4.78, 5) is 0. The highest BCUT2D eigenvalue weighted by molar-refractivity contribution is 5.46. The van der Waals surface area contributed by atoms with Crippen LogP contribution in [0.15, 0.2) is 78.9 Å². The lowest BCUT2D eigenvalue weighted by Crippen LogP contribution is -2.41. The van der Waals surface area contributed by atoms with Gasteiger partial charge in [-0.1, -0.05) is 66.7 Å². The first-order valence-corrected chi connectivity index (χ1v) is 9.04. The zero-order valence-electron chi connectivity index (χ0n) is 16.0. The Morgan fingerprint density at radius 2 is 0.906 bits per heavy atom. The summed E-state index contributed by atoms with van der Waals surface area (Å²) in [6, 6.07) is 11.5. The van der Waals surface area contributed by atoms with E-state index in [4.69, 9.17) is 5.26 Å². The molecule has 3 aromatic rings. The number of rotatable bonds is 6. The fourth-order valence-corrected chi connectivity index (χ4v) is 3.14. The maximum absolute atomic E-state index is 15.1. The minimum Gasteiger partial charge on any atom is -0.194 e. The molecule has 0 heterocycles. The third-order valence-corrected chi connectivity index (χ3v) is 4.89. The predicted octanol–water partition coefficient (Wildman–Crippen LogP) is 7.33. The van der Waals surface area contributed by atoms with Gasteiger partial charge in [0.25, 0.3) is 0 Å². The van der Waals surface area contributed by atoms with E-state index in [1.165, 1.54) is 18.2 Å². The van der Waals surface area contributed by atoms with E-state index < -0.39 is 51.5 Å². The average Bonchev–Trinajstić information content (AvgIpc) is 2.79. The van der Waals surface area contributed by atoms with Crippen molar-refractivity contribution in [3.63, 3.8) is 0 Å². The monoisotopic (exact) mass is 455 g/mol. The third kappa shape index (κ3) is 3.60. The van der Waals surface area contributed by atoms with E-state index in [0.29, 0.717) is 30.3 Å². The molecule has 0 N–H and O–H groups in total. The summed E-state index contributed by atoms with van der Waals surface area (Å²) in [5, 5.41) is 8.96. The second-order valence-electron chi connectivity index (χ2n) is 6.90. The number of nitrogens with zero attached hydrogens (tertiary/aromatic N) is 1. The maximum atomic E-state index is 15.1. The van der Waals surface area contributed by atoms with Crippen LogP contribution < -0.4 is 0 Å². The zero-order chi connectivity index (χ0) is 23.8. The van der Waals surface area contributed by atoms with Crippen LogP contribution in [0.4, 0.5) is 35.1 Å². The molecule has 0 fully saturated rings. The largest absolute Gasteiger partial charge is 0.340 e. The molecule has 0 amide bonds. The number of hydrogen-bond acceptors (Lipinski definition) is 1. The van der Waals surface area contributed by atoms with Gasteiger partial charge in [-0.05, 0) is 12.1 Å². The SMILES string of the molecule is N#Cc1ccc(C(F)(F)C(F)(F)c2ccccc2)c(C(F)(F)C(F)(F)c2ccccc2)c1. The van der Waals surface area contributed by atoms with Gasteiger partial charge in [-0.2, -0.15) is 40.4 Å². The quantitative estimate of drug-likeness (QED) is 0.357. The van der Waals surface area contributed by atoms with Crippen molar-refractivity contribution in [1.29, 1.82) is 5.26 Å². The van der Waals surface area contributed by atoms with Crippen molar-refractivity contribution in [2.24, 2.45) is 0 Å². The number of halogens is 8. The van der Waals surface area contributed by atoms with Crippen molar-refractivity contribution in [2.45, 2.75) is 23.7 Å². The normalized spacial score (nSPS) is 13.0. The van der Waals surface area contributed by atoms with Crippen molar-refractivity contribution in [1.82, 2.24) is 0 Å². The first-order chi connectivity index (χ1) is 14.9. The van der Waals surface area contributed by atoms with Crippen molar-refractivity contribution in [2.75, 3.05) is 0 Å². The standard InChI is InChI=1S/C23H13F8N/c24-20(25,16-7-3-1-4-8-16)22(28,29)18-12-11-15(14-32)13-19(18)23(30,31)21(26,27)17-9-5-2-6-10-17/h1-13H. The molecule has 0 atom stereocenters. The Labute approximate surface area is 177 Å². The Morgan fingerprint density at radius 3 is 1.31 bits per heavy atom. The number of hydrogen-bond donors (Lipinski definition) is 0. The zero-order valence-corrected chi connectivity index (χ0v) is 16.0. The molecule has 1 nitrogen and oxygen atoms in total. The van der Waals surface area contributed by atoms with Crippen LogP contribution in [-0.2, 0) is 23.7 Å². The molecule has 0 aromatic heterocycles. The smallest absolute Gasteiger partial charge is 0.194 e. The lowest BCUT2D eigenvalue weighted by molar-refractivity contribution is -0.239. The van der Waals surface area contributed by atoms with Gasteiger partial charge in [-0.3, -0.25) is 0 Å². The van der Waals surface area contributed by atoms with Crippen LogP contribution in [0.2, 0.25) is 0 Å². The van der Waals surface area contributed by atoms with E-state index in [0.717, 1.165) is 24.3 Å². The van der Waals surface area contributed by atoms with Gasteiger partial charge >= 0.3 is 23.7 Å². The molecule has 0 saturated heterocycles. The maximum Gasteiger partial charge on any atom is 0.340 e. The van der Waals surface area contributed by atoms with Gasteiger partial charge in [0.15, 0.2) is 0 Å². The minimum absolute atomic E-state index is 0.0845. The molecule has 0 bridgehead atoms. The molecule has 0 aliphatic heterocycles. The van der Waals surface area contributed by atoms with Gasteiger partial charge in [-0.25, -0.2) is 0 Å². The molecule has 0 unspecified atom stereocenters. The minimum atomic E-state index is -5.35. The van der Waals surface area contributed by atoms with Gasteiger partial charge in [0, 0.05) is 22.3 Å². The highest BCUT2D eigenvalue weighted by Crippen LogP contribution is 2.56. The average molecular weight is 455 g/mol. The van der Waals surface area contributed by atoms with Crippen LogP contribution in [0, 0.1) is 11.3 Å². The van der Waals surface area contributed by atoms with Gasteiger partial charge < -0.3 is 0 Å². The van der Waals surface area contributed by atoms with Crippen molar-refractivity contribution < 1.29 is 35.1 Å². The fourth-order valence-electron chi connectivity index (χ4n) is 3.14. The van der Waals surface area contributed by atoms with Crippen LogP contribution in [0.25, 0.3) is 0 Å². The van der Waals surface area contributed by atoms with Gasteiger partial charge in [0.1, 0.15) is 0 Å². The Hall–Kier alpha value is -3.41. The molecule has 0 aliphatic rings. The van der Waals surface area contributed by atoms with Crippen molar-refractivity contribution in [3.8, 4) is 6.07 Å². The summed E-state index contributed by atoms with van der Waals surface area (Å²) >= 11 is 0. The first-order valence-electron chi connectivity index (χ1n) is 9.04. The van der Waals surface area contributed by atoms with E-state index in [1.54, 1.807) is 0 Å². The van der Waals surface area contributed by atoms with Crippen LogP contribution in [0.5, 0.6) is 0 Å². The molecular weight excluding hydrogens is 442 g/mol. The molecule has 0 saturated carbocycles. The number of alkyl halides is 8. The highest BCUT2D eigenvalue weighted by atomic mass is 19.3. The Kier molecular flexibility index (Phi) is 5.77. The van der Waals surface area contributed by atoms with E-state index in [1.807, 2.05) is 0 Å². The summed E-state index contributed by atoms with van der Waals surface area (Å²) in [7, 11) is 0. The molecule has 0 aliphatic carbocycles. The number of nitriles is 1. The van der Waals surface area contributed by atoms with Crippen molar-refractivity contribution in [3.05, 3.63) is 107 Å². The Balaban J connectivity index is 2.25. The van der Waals surface area contributed by atoms with E-state index >= 15 is 17.6 Å². The van der Waals surface area contributed by atoms with Crippen LogP contribution in [0.3, 0.4) is 0 Å². The summed E-state index contributed by atoms with van der Waals surface area (Å²) in [6.45, 7) is 0.